The number of nitrogens with one attached hydrogen (secondary N) is 2. The SMILES string of the molecule is CCCCC(NC(=O)c1ccn(-c2cccc(F)c2)n1)C(=O)Nc1cccc(N2CCCC2)c1. The van der Waals surface area contributed by atoms with Gasteiger partial charge in [0.05, 0.1) is 5.69 Å². The van der Waals surface area contributed by atoms with Crippen LogP contribution in [0.2, 0.25) is 0 Å². The first-order valence-electron chi connectivity index (χ1n) is 11.8. The van der Waals surface area contributed by atoms with E-state index < -0.39 is 11.9 Å². The molecule has 0 saturated carbocycles. The Labute approximate surface area is 199 Å². The van der Waals surface area contributed by atoms with Crippen LogP contribution in [0.1, 0.15) is 49.5 Å². The lowest BCUT2D eigenvalue weighted by Gasteiger charge is -2.20. The Bertz CT molecular complexity index is 1140. The third kappa shape index (κ3) is 5.81. The molecule has 1 atom stereocenters. The largest absolute Gasteiger partial charge is 0.371 e. The summed E-state index contributed by atoms with van der Waals surface area (Å²) in [5.74, 6) is -1.09. The monoisotopic (exact) mass is 463 g/mol. The summed E-state index contributed by atoms with van der Waals surface area (Å²) in [6, 6.07) is 14.6. The fraction of sp³-hybridized carbons (Fsp3) is 0.346. The number of unbranched alkanes of at least 4 members (excludes halogenated alkanes) is 1. The van der Waals surface area contributed by atoms with E-state index in [1.165, 1.54) is 29.7 Å². The molecule has 1 aliphatic heterocycles. The van der Waals surface area contributed by atoms with Gasteiger partial charge in [-0.25, -0.2) is 9.07 Å². The van der Waals surface area contributed by atoms with Crippen molar-refractivity contribution < 1.29 is 14.0 Å². The highest BCUT2D eigenvalue weighted by Crippen LogP contribution is 2.23. The van der Waals surface area contributed by atoms with Crippen LogP contribution in [0.5, 0.6) is 0 Å². The lowest BCUT2D eigenvalue weighted by atomic mass is 10.1. The molecule has 2 amide bonds. The zero-order chi connectivity index (χ0) is 23.9. The molecule has 1 fully saturated rings. The van der Waals surface area contributed by atoms with Gasteiger partial charge in [-0.05, 0) is 61.7 Å². The van der Waals surface area contributed by atoms with Gasteiger partial charge < -0.3 is 15.5 Å². The van der Waals surface area contributed by atoms with Gasteiger partial charge in [0, 0.05) is 30.7 Å². The number of amides is 2. The molecule has 1 aliphatic rings. The molecule has 34 heavy (non-hydrogen) atoms. The molecule has 2 N–H and O–H groups in total. The second-order valence-corrected chi connectivity index (χ2v) is 8.53. The van der Waals surface area contributed by atoms with E-state index in [1.807, 2.05) is 31.2 Å². The van der Waals surface area contributed by atoms with Gasteiger partial charge >= 0.3 is 0 Å². The number of aromatic nitrogens is 2. The minimum absolute atomic E-state index is 0.162. The Morgan fingerprint density at radius 2 is 1.82 bits per heavy atom. The Hall–Kier alpha value is -3.68. The van der Waals surface area contributed by atoms with Gasteiger partial charge in [-0.3, -0.25) is 9.59 Å². The van der Waals surface area contributed by atoms with Gasteiger partial charge in [0.15, 0.2) is 5.69 Å². The molecule has 0 spiro atoms. The van der Waals surface area contributed by atoms with Crippen LogP contribution >= 0.6 is 0 Å². The van der Waals surface area contributed by atoms with Crippen LogP contribution in [0, 0.1) is 5.82 Å². The van der Waals surface area contributed by atoms with E-state index in [2.05, 4.69) is 20.6 Å². The highest BCUT2D eigenvalue weighted by molar-refractivity contribution is 6.00. The first-order chi connectivity index (χ1) is 16.5. The number of halogens is 1. The van der Waals surface area contributed by atoms with Crippen molar-refractivity contribution in [2.45, 2.75) is 45.1 Å². The van der Waals surface area contributed by atoms with Gasteiger partial charge in [-0.2, -0.15) is 5.10 Å². The quantitative estimate of drug-likeness (QED) is 0.488. The smallest absolute Gasteiger partial charge is 0.272 e. The van der Waals surface area contributed by atoms with E-state index in [-0.39, 0.29) is 17.4 Å². The Morgan fingerprint density at radius 3 is 2.59 bits per heavy atom. The van der Waals surface area contributed by atoms with Crippen molar-refractivity contribution in [3.63, 3.8) is 0 Å². The van der Waals surface area contributed by atoms with Crippen molar-refractivity contribution in [1.82, 2.24) is 15.1 Å². The van der Waals surface area contributed by atoms with Crippen molar-refractivity contribution in [2.75, 3.05) is 23.3 Å². The van der Waals surface area contributed by atoms with Crippen molar-refractivity contribution in [3.8, 4) is 5.69 Å². The summed E-state index contributed by atoms with van der Waals surface area (Å²) < 4.78 is 15.0. The summed E-state index contributed by atoms with van der Waals surface area (Å²) in [6.07, 6.45) is 6.16. The van der Waals surface area contributed by atoms with E-state index in [0.717, 1.165) is 31.6 Å². The predicted molar refractivity (Wildman–Crippen MR) is 131 cm³/mol. The first-order valence-corrected chi connectivity index (χ1v) is 11.8. The van der Waals surface area contributed by atoms with E-state index in [1.54, 1.807) is 24.4 Å². The third-order valence-electron chi connectivity index (χ3n) is 5.95. The molecule has 2 heterocycles. The number of rotatable bonds is 9. The molecule has 3 aromatic rings. The normalized spacial score (nSPS) is 14.1. The maximum atomic E-state index is 13.5. The number of carbonyl (C=O) groups is 2. The molecule has 7 nitrogen and oxygen atoms in total. The van der Waals surface area contributed by atoms with Crippen LogP contribution in [0.25, 0.3) is 5.69 Å². The summed E-state index contributed by atoms with van der Waals surface area (Å²) >= 11 is 0. The van der Waals surface area contributed by atoms with Gasteiger partial charge in [0.2, 0.25) is 5.91 Å². The van der Waals surface area contributed by atoms with Crippen molar-refractivity contribution in [3.05, 3.63) is 72.3 Å². The van der Waals surface area contributed by atoms with Crippen LogP contribution in [0.15, 0.2) is 60.8 Å². The predicted octanol–water partition coefficient (Wildman–Crippen LogP) is 4.54. The second-order valence-electron chi connectivity index (χ2n) is 8.53. The number of anilines is 2. The van der Waals surface area contributed by atoms with Gasteiger partial charge in [0.1, 0.15) is 11.9 Å². The Morgan fingerprint density at radius 1 is 1.06 bits per heavy atom. The van der Waals surface area contributed by atoms with Crippen molar-refractivity contribution in [1.29, 1.82) is 0 Å². The molecule has 2 aromatic carbocycles. The zero-order valence-corrected chi connectivity index (χ0v) is 19.3. The molecule has 4 rings (SSSR count). The summed E-state index contributed by atoms with van der Waals surface area (Å²) in [5, 5.41) is 10.0. The van der Waals surface area contributed by atoms with Crippen LogP contribution < -0.4 is 15.5 Å². The maximum absolute atomic E-state index is 13.5. The molecule has 0 radical (unpaired) electrons. The fourth-order valence-electron chi connectivity index (χ4n) is 4.10. The minimum atomic E-state index is -0.692. The fourth-order valence-corrected chi connectivity index (χ4v) is 4.10. The lowest BCUT2D eigenvalue weighted by Crippen LogP contribution is -2.44. The van der Waals surface area contributed by atoms with Gasteiger partial charge in [-0.15, -0.1) is 0 Å². The van der Waals surface area contributed by atoms with Crippen LogP contribution in [-0.2, 0) is 4.79 Å². The number of carbonyl (C=O) groups excluding carboxylic acids is 2. The average molecular weight is 464 g/mol. The second kappa shape index (κ2) is 11.0. The average Bonchev–Trinajstić information content (AvgIpc) is 3.55. The first kappa shape index (κ1) is 23.5. The number of benzene rings is 2. The van der Waals surface area contributed by atoms with Gasteiger partial charge in [0.25, 0.3) is 5.91 Å². The zero-order valence-electron chi connectivity index (χ0n) is 19.3. The van der Waals surface area contributed by atoms with E-state index in [0.29, 0.717) is 17.8 Å². The van der Waals surface area contributed by atoms with E-state index in [9.17, 15) is 14.0 Å². The Balaban J connectivity index is 1.44. The molecule has 1 aromatic heterocycles. The van der Waals surface area contributed by atoms with E-state index >= 15 is 0 Å². The molecule has 1 unspecified atom stereocenters. The molecule has 8 heteroatoms. The lowest BCUT2D eigenvalue weighted by molar-refractivity contribution is -0.118. The van der Waals surface area contributed by atoms with Crippen LogP contribution in [0.3, 0.4) is 0 Å². The molecule has 0 bridgehead atoms. The van der Waals surface area contributed by atoms with Gasteiger partial charge in [-0.1, -0.05) is 31.9 Å². The maximum Gasteiger partial charge on any atom is 0.272 e. The molecule has 178 valence electrons. The number of hydrogen-bond acceptors (Lipinski definition) is 4. The highest BCUT2D eigenvalue weighted by atomic mass is 19.1. The van der Waals surface area contributed by atoms with Crippen LogP contribution in [-0.4, -0.2) is 40.7 Å². The summed E-state index contributed by atoms with van der Waals surface area (Å²) in [5.41, 5.74) is 2.47. The highest BCUT2D eigenvalue weighted by Gasteiger charge is 2.23. The van der Waals surface area contributed by atoms with Crippen LogP contribution in [0.4, 0.5) is 15.8 Å². The van der Waals surface area contributed by atoms with Crippen molar-refractivity contribution in [2.24, 2.45) is 0 Å². The van der Waals surface area contributed by atoms with Crippen molar-refractivity contribution >= 4 is 23.2 Å². The number of hydrogen-bond donors (Lipinski definition) is 2. The molecular weight excluding hydrogens is 433 g/mol. The topological polar surface area (TPSA) is 79.3 Å². The number of nitrogens with zero attached hydrogens (tertiary/aromatic N) is 3. The standard InChI is InChI=1S/C26H30FN5O2/c1-2-3-12-23(25(33)28-20-9-7-10-21(18-20)31-14-4-5-15-31)29-26(34)24-13-16-32(30-24)22-11-6-8-19(27)17-22/h6-11,13,16-18,23H,2-5,12,14-15H2,1H3,(H,28,33)(H,29,34). The minimum Gasteiger partial charge on any atom is -0.371 e. The molecule has 0 aliphatic carbocycles. The summed E-state index contributed by atoms with van der Waals surface area (Å²) in [7, 11) is 0. The molecular formula is C26H30FN5O2. The summed E-state index contributed by atoms with van der Waals surface area (Å²) in [4.78, 5) is 28.2. The summed E-state index contributed by atoms with van der Waals surface area (Å²) in [6.45, 7) is 4.08. The third-order valence-corrected chi connectivity index (χ3v) is 5.95. The van der Waals surface area contributed by atoms with E-state index in [4.69, 9.17) is 0 Å². The molecule has 1 saturated heterocycles. The Kier molecular flexibility index (Phi) is 7.57.